The van der Waals surface area contributed by atoms with Gasteiger partial charge in [0.1, 0.15) is 11.9 Å². The van der Waals surface area contributed by atoms with Gasteiger partial charge in [-0.15, -0.1) is 0 Å². The zero-order valence-electron chi connectivity index (χ0n) is 14.3. The van der Waals surface area contributed by atoms with Crippen LogP contribution in [0.5, 0.6) is 5.75 Å². The van der Waals surface area contributed by atoms with Crippen molar-refractivity contribution in [1.29, 1.82) is 0 Å². The maximum absolute atomic E-state index is 6.17. The Morgan fingerprint density at radius 2 is 2.25 bits per heavy atom. The average Bonchev–Trinajstić information content (AvgIpc) is 3.21. The van der Waals surface area contributed by atoms with Crippen LogP contribution in [0, 0.1) is 0 Å². The van der Waals surface area contributed by atoms with Crippen LogP contribution in [-0.4, -0.2) is 43.9 Å². The van der Waals surface area contributed by atoms with Crippen LogP contribution in [0.25, 0.3) is 0 Å². The number of ether oxygens (including phenoxy) is 2. The minimum Gasteiger partial charge on any atom is -0.487 e. The number of nitrogens with one attached hydrogen (secondary N) is 2. The van der Waals surface area contributed by atoms with E-state index in [1.807, 2.05) is 24.3 Å². The highest BCUT2D eigenvalue weighted by Crippen LogP contribution is 2.34. The lowest BCUT2D eigenvalue weighted by molar-refractivity contribution is 0.0992. The molecule has 3 rings (SSSR count). The molecule has 2 saturated heterocycles. The molecule has 0 saturated carbocycles. The molecule has 0 spiro atoms. The maximum Gasteiger partial charge on any atom is 0.191 e. The molecule has 4 unspecified atom stereocenters. The summed E-state index contributed by atoms with van der Waals surface area (Å²) >= 11 is 6.17. The van der Waals surface area contributed by atoms with Crippen molar-refractivity contribution in [3.63, 3.8) is 0 Å². The fraction of sp³-hybridized carbons (Fsp3) is 0.611. The number of halogens is 1. The van der Waals surface area contributed by atoms with E-state index in [2.05, 4.69) is 22.5 Å². The van der Waals surface area contributed by atoms with Gasteiger partial charge in [0, 0.05) is 7.05 Å². The lowest BCUT2D eigenvalue weighted by Crippen LogP contribution is -2.49. The summed E-state index contributed by atoms with van der Waals surface area (Å²) in [5, 5.41) is 7.48. The highest BCUT2D eigenvalue weighted by molar-refractivity contribution is 6.32. The number of aliphatic imine (C=N–C) groups is 1. The van der Waals surface area contributed by atoms with E-state index in [1.165, 1.54) is 6.42 Å². The van der Waals surface area contributed by atoms with E-state index < -0.39 is 0 Å². The molecule has 2 N–H and O–H groups in total. The topological polar surface area (TPSA) is 54.9 Å². The second-order valence-corrected chi connectivity index (χ2v) is 6.80. The second kappa shape index (κ2) is 8.08. The van der Waals surface area contributed by atoms with Crippen LogP contribution in [0.3, 0.4) is 0 Å². The fourth-order valence-electron chi connectivity index (χ4n) is 3.36. The fourth-order valence-corrected chi connectivity index (χ4v) is 3.54. The summed E-state index contributed by atoms with van der Waals surface area (Å²) in [6.07, 6.45) is 5.07. The lowest BCUT2D eigenvalue weighted by atomic mass is 9.96. The quantitative estimate of drug-likeness (QED) is 0.611. The molecule has 24 heavy (non-hydrogen) atoms. The number of rotatable bonds is 6. The predicted molar refractivity (Wildman–Crippen MR) is 97.0 cm³/mol. The standard InChI is InChI=1S/C18H26ClN3O2/c1-3-12(23-16-7-5-4-6-14(16)19)11-21-18(20-2)22-15-10-13-8-9-17(15)24-13/h4-7,12-13,15,17H,3,8-11H2,1-2H3,(H2,20,21,22). The van der Waals surface area contributed by atoms with Gasteiger partial charge in [-0.2, -0.15) is 0 Å². The molecule has 2 bridgehead atoms. The minimum absolute atomic E-state index is 0.0275. The normalized spacial score (nSPS) is 27.1. The van der Waals surface area contributed by atoms with Crippen LogP contribution in [0.4, 0.5) is 0 Å². The van der Waals surface area contributed by atoms with Crippen LogP contribution in [0.15, 0.2) is 29.3 Å². The van der Waals surface area contributed by atoms with Gasteiger partial charge in [-0.05, 0) is 37.8 Å². The molecule has 0 radical (unpaired) electrons. The number of hydrogen-bond acceptors (Lipinski definition) is 3. The van der Waals surface area contributed by atoms with Gasteiger partial charge < -0.3 is 20.1 Å². The van der Waals surface area contributed by atoms with E-state index in [9.17, 15) is 0 Å². The van der Waals surface area contributed by atoms with Gasteiger partial charge in [0.2, 0.25) is 0 Å². The first kappa shape index (κ1) is 17.4. The summed E-state index contributed by atoms with van der Waals surface area (Å²) in [4.78, 5) is 4.32. The van der Waals surface area contributed by atoms with Crippen molar-refractivity contribution >= 4 is 17.6 Å². The van der Waals surface area contributed by atoms with Crippen LogP contribution >= 0.6 is 11.6 Å². The maximum atomic E-state index is 6.17. The smallest absolute Gasteiger partial charge is 0.191 e. The second-order valence-electron chi connectivity index (χ2n) is 6.39. The molecule has 5 nitrogen and oxygen atoms in total. The molecule has 132 valence electrons. The predicted octanol–water partition coefficient (Wildman–Crippen LogP) is 2.98. The van der Waals surface area contributed by atoms with Gasteiger partial charge >= 0.3 is 0 Å². The number of fused-ring (bicyclic) bond motifs is 2. The Bertz CT molecular complexity index is 581. The van der Waals surface area contributed by atoms with Gasteiger partial charge in [-0.25, -0.2) is 0 Å². The zero-order valence-corrected chi connectivity index (χ0v) is 15.1. The van der Waals surface area contributed by atoms with Crippen molar-refractivity contribution in [2.75, 3.05) is 13.6 Å². The Balaban J connectivity index is 1.49. The molecule has 4 atom stereocenters. The third-order valence-electron chi connectivity index (χ3n) is 4.73. The number of para-hydroxylation sites is 1. The zero-order chi connectivity index (χ0) is 16.9. The largest absolute Gasteiger partial charge is 0.487 e. The molecule has 2 aliphatic rings. The van der Waals surface area contributed by atoms with E-state index in [1.54, 1.807) is 7.05 Å². The number of nitrogens with zero attached hydrogens (tertiary/aromatic N) is 1. The summed E-state index contributed by atoms with van der Waals surface area (Å²) in [7, 11) is 1.79. The van der Waals surface area contributed by atoms with Crippen LogP contribution in [-0.2, 0) is 4.74 Å². The molecule has 6 heteroatoms. The Kier molecular flexibility index (Phi) is 5.85. The summed E-state index contributed by atoms with van der Waals surface area (Å²) < 4.78 is 11.9. The van der Waals surface area contributed by atoms with Gasteiger partial charge in [-0.1, -0.05) is 30.7 Å². The Morgan fingerprint density at radius 1 is 1.42 bits per heavy atom. The molecule has 2 heterocycles. The first-order valence-corrected chi connectivity index (χ1v) is 9.11. The van der Waals surface area contributed by atoms with E-state index in [0.29, 0.717) is 29.8 Å². The van der Waals surface area contributed by atoms with Crippen molar-refractivity contribution in [3.8, 4) is 5.75 Å². The van der Waals surface area contributed by atoms with E-state index in [-0.39, 0.29) is 6.10 Å². The Hall–Kier alpha value is -1.46. The molecule has 0 aromatic heterocycles. The molecular formula is C18H26ClN3O2. The Morgan fingerprint density at radius 3 is 2.88 bits per heavy atom. The van der Waals surface area contributed by atoms with Gasteiger partial charge in [-0.3, -0.25) is 4.99 Å². The van der Waals surface area contributed by atoms with Crippen LogP contribution in [0.2, 0.25) is 5.02 Å². The molecular weight excluding hydrogens is 326 g/mol. The number of guanidine groups is 1. The van der Waals surface area contributed by atoms with E-state index in [4.69, 9.17) is 21.1 Å². The number of hydrogen-bond donors (Lipinski definition) is 2. The monoisotopic (exact) mass is 351 g/mol. The third-order valence-corrected chi connectivity index (χ3v) is 5.05. The SMILES string of the molecule is CCC(CNC(=NC)NC1CC2CCC1O2)Oc1ccccc1Cl. The van der Waals surface area contributed by atoms with Crippen molar-refractivity contribution < 1.29 is 9.47 Å². The Labute approximate surface area is 148 Å². The molecule has 0 aliphatic carbocycles. The van der Waals surface area contributed by atoms with E-state index in [0.717, 1.165) is 31.0 Å². The molecule has 0 amide bonds. The van der Waals surface area contributed by atoms with E-state index >= 15 is 0 Å². The van der Waals surface area contributed by atoms with Gasteiger partial charge in [0.15, 0.2) is 5.96 Å². The summed E-state index contributed by atoms with van der Waals surface area (Å²) in [6.45, 7) is 2.77. The third kappa shape index (κ3) is 4.14. The summed E-state index contributed by atoms with van der Waals surface area (Å²) in [5.41, 5.74) is 0. The summed E-state index contributed by atoms with van der Waals surface area (Å²) in [5.74, 6) is 1.52. The first-order valence-electron chi connectivity index (χ1n) is 8.73. The van der Waals surface area contributed by atoms with Crippen molar-refractivity contribution in [2.24, 2.45) is 4.99 Å². The highest BCUT2D eigenvalue weighted by atomic mass is 35.5. The molecule has 2 aliphatic heterocycles. The van der Waals surface area contributed by atoms with Crippen LogP contribution in [0.1, 0.15) is 32.6 Å². The van der Waals surface area contributed by atoms with Crippen molar-refractivity contribution in [3.05, 3.63) is 29.3 Å². The van der Waals surface area contributed by atoms with Crippen molar-refractivity contribution in [1.82, 2.24) is 10.6 Å². The molecule has 2 fully saturated rings. The highest BCUT2D eigenvalue weighted by Gasteiger charge is 2.41. The molecule has 1 aromatic carbocycles. The van der Waals surface area contributed by atoms with Crippen molar-refractivity contribution in [2.45, 2.75) is 57.0 Å². The minimum atomic E-state index is 0.0275. The molecule has 1 aromatic rings. The summed E-state index contributed by atoms with van der Waals surface area (Å²) in [6, 6.07) is 7.92. The average molecular weight is 352 g/mol. The van der Waals surface area contributed by atoms with Gasteiger partial charge in [0.25, 0.3) is 0 Å². The first-order chi connectivity index (χ1) is 11.7. The van der Waals surface area contributed by atoms with Gasteiger partial charge in [0.05, 0.1) is 29.8 Å². The lowest BCUT2D eigenvalue weighted by Gasteiger charge is -2.24. The van der Waals surface area contributed by atoms with Crippen LogP contribution < -0.4 is 15.4 Å². The number of benzene rings is 1.